The molecular formula is C28H26O4. The number of benzene rings is 4. The van der Waals surface area contributed by atoms with Crippen LogP contribution in [-0.2, 0) is 0 Å². The van der Waals surface area contributed by atoms with Crippen LogP contribution in [0.15, 0.2) is 97.1 Å². The lowest BCUT2D eigenvalue weighted by Gasteiger charge is -2.23. The molecule has 4 nitrogen and oxygen atoms in total. The van der Waals surface area contributed by atoms with Gasteiger partial charge in [0.05, 0.1) is 0 Å². The highest BCUT2D eigenvalue weighted by molar-refractivity contribution is 5.40. The van der Waals surface area contributed by atoms with E-state index in [2.05, 4.69) is 0 Å². The van der Waals surface area contributed by atoms with E-state index in [0.717, 1.165) is 35.1 Å². The van der Waals surface area contributed by atoms with Crippen molar-refractivity contribution in [3.63, 3.8) is 0 Å². The molecule has 0 spiro atoms. The smallest absolute Gasteiger partial charge is 0.115 e. The van der Waals surface area contributed by atoms with Gasteiger partial charge >= 0.3 is 0 Å². The normalized spacial score (nSPS) is 11.2. The number of phenols is 4. The quantitative estimate of drug-likeness (QED) is 0.281. The average molecular weight is 427 g/mol. The molecule has 0 aliphatic rings. The highest BCUT2D eigenvalue weighted by Crippen LogP contribution is 2.37. The molecule has 4 heteroatoms. The second-order valence-corrected chi connectivity index (χ2v) is 8.05. The van der Waals surface area contributed by atoms with E-state index >= 15 is 0 Å². The minimum Gasteiger partial charge on any atom is -0.508 e. The molecule has 32 heavy (non-hydrogen) atoms. The molecule has 0 atom stereocenters. The summed E-state index contributed by atoms with van der Waals surface area (Å²) in [4.78, 5) is 0. The fourth-order valence-electron chi connectivity index (χ4n) is 4.21. The van der Waals surface area contributed by atoms with Crippen molar-refractivity contribution in [1.82, 2.24) is 0 Å². The molecule has 0 radical (unpaired) electrons. The monoisotopic (exact) mass is 426 g/mol. The predicted octanol–water partition coefficient (Wildman–Crippen LogP) is 6.25. The zero-order valence-corrected chi connectivity index (χ0v) is 17.6. The van der Waals surface area contributed by atoms with Crippen molar-refractivity contribution in [2.75, 3.05) is 0 Å². The van der Waals surface area contributed by atoms with E-state index in [1.165, 1.54) is 0 Å². The Hall–Kier alpha value is -3.92. The lowest BCUT2D eigenvalue weighted by atomic mass is 9.81. The average Bonchev–Trinajstić information content (AvgIpc) is 2.80. The summed E-state index contributed by atoms with van der Waals surface area (Å²) in [6.07, 6.45) is 1.64. The number of aromatic hydroxyl groups is 4. The first-order chi connectivity index (χ1) is 15.5. The first-order valence-corrected chi connectivity index (χ1v) is 10.7. The molecule has 0 heterocycles. The van der Waals surface area contributed by atoms with E-state index in [-0.39, 0.29) is 34.8 Å². The van der Waals surface area contributed by atoms with E-state index < -0.39 is 0 Å². The minimum atomic E-state index is 0.0768. The predicted molar refractivity (Wildman–Crippen MR) is 125 cm³/mol. The second kappa shape index (κ2) is 9.48. The Morgan fingerprint density at radius 1 is 0.344 bits per heavy atom. The van der Waals surface area contributed by atoms with E-state index in [1.54, 1.807) is 48.5 Å². The van der Waals surface area contributed by atoms with Crippen LogP contribution in [0.4, 0.5) is 0 Å². The van der Waals surface area contributed by atoms with Crippen LogP contribution < -0.4 is 0 Å². The summed E-state index contributed by atoms with van der Waals surface area (Å²) in [5.41, 5.74) is 4.35. The summed E-state index contributed by atoms with van der Waals surface area (Å²) in [6, 6.07) is 29.0. The van der Waals surface area contributed by atoms with E-state index in [1.807, 2.05) is 48.5 Å². The third-order valence-electron chi connectivity index (χ3n) is 5.93. The Morgan fingerprint density at radius 2 is 0.531 bits per heavy atom. The maximum absolute atomic E-state index is 9.73. The van der Waals surface area contributed by atoms with Gasteiger partial charge in [0.25, 0.3) is 0 Å². The van der Waals surface area contributed by atoms with Crippen LogP contribution in [0.3, 0.4) is 0 Å². The van der Waals surface area contributed by atoms with Gasteiger partial charge in [-0.25, -0.2) is 0 Å². The lowest BCUT2D eigenvalue weighted by Crippen LogP contribution is -2.07. The van der Waals surface area contributed by atoms with Crippen molar-refractivity contribution >= 4 is 0 Å². The van der Waals surface area contributed by atoms with Crippen LogP contribution in [0.2, 0.25) is 0 Å². The van der Waals surface area contributed by atoms with Crippen LogP contribution in [0.25, 0.3) is 0 Å². The summed E-state index contributed by atoms with van der Waals surface area (Å²) >= 11 is 0. The molecule has 0 unspecified atom stereocenters. The first-order valence-electron chi connectivity index (χ1n) is 10.7. The number of hydrogen-bond donors (Lipinski definition) is 4. The molecule has 4 rings (SSSR count). The highest BCUT2D eigenvalue weighted by Gasteiger charge is 2.20. The van der Waals surface area contributed by atoms with Gasteiger partial charge in [-0.1, -0.05) is 48.5 Å². The van der Waals surface area contributed by atoms with Crippen molar-refractivity contribution in [2.45, 2.75) is 24.7 Å². The number of rotatable bonds is 7. The van der Waals surface area contributed by atoms with Crippen molar-refractivity contribution in [3.05, 3.63) is 119 Å². The lowest BCUT2D eigenvalue weighted by molar-refractivity contribution is 0.473. The molecule has 0 saturated carbocycles. The summed E-state index contributed by atoms with van der Waals surface area (Å²) in [5, 5.41) is 38.9. The molecule has 4 aromatic carbocycles. The number of phenolic OH excluding ortho intramolecular Hbond substituents is 4. The standard InChI is InChI=1S/C28H26O4/c29-23-9-1-19(2-10-23)27(20-3-11-24(30)12-4-20)17-18-28(21-5-13-25(31)14-6-21)22-7-15-26(32)16-8-22/h1-16,27-32H,17-18H2. The van der Waals surface area contributed by atoms with Crippen LogP contribution in [0, 0.1) is 0 Å². The Bertz CT molecular complexity index is 946. The first kappa shape index (κ1) is 21.3. The Labute approximate surface area is 187 Å². The maximum atomic E-state index is 9.73. The third-order valence-corrected chi connectivity index (χ3v) is 5.93. The second-order valence-electron chi connectivity index (χ2n) is 8.05. The molecule has 4 N–H and O–H groups in total. The Balaban J connectivity index is 1.67. The molecular weight excluding hydrogens is 400 g/mol. The third kappa shape index (κ3) is 5.03. The van der Waals surface area contributed by atoms with E-state index in [4.69, 9.17) is 0 Å². The fraction of sp³-hybridized carbons (Fsp3) is 0.143. The van der Waals surface area contributed by atoms with Gasteiger partial charge in [0.15, 0.2) is 0 Å². The van der Waals surface area contributed by atoms with E-state index in [9.17, 15) is 20.4 Å². The molecule has 0 fully saturated rings. The SMILES string of the molecule is Oc1ccc(C(CCC(c2ccc(O)cc2)c2ccc(O)cc2)c2ccc(O)cc2)cc1. The zero-order valence-electron chi connectivity index (χ0n) is 17.6. The molecule has 0 amide bonds. The van der Waals surface area contributed by atoms with Crippen molar-refractivity contribution < 1.29 is 20.4 Å². The zero-order chi connectivity index (χ0) is 22.5. The summed E-state index contributed by atoms with van der Waals surface area (Å²) in [7, 11) is 0. The van der Waals surface area contributed by atoms with E-state index in [0.29, 0.717) is 0 Å². The summed E-state index contributed by atoms with van der Waals surface area (Å²) < 4.78 is 0. The molecule has 4 aromatic rings. The Kier molecular flexibility index (Phi) is 6.31. The molecule has 0 aliphatic heterocycles. The van der Waals surface area contributed by atoms with Gasteiger partial charge in [-0.3, -0.25) is 0 Å². The largest absolute Gasteiger partial charge is 0.508 e. The van der Waals surface area contributed by atoms with Crippen LogP contribution in [0.5, 0.6) is 23.0 Å². The van der Waals surface area contributed by atoms with Crippen LogP contribution in [-0.4, -0.2) is 20.4 Å². The van der Waals surface area contributed by atoms with Gasteiger partial charge in [0.1, 0.15) is 23.0 Å². The van der Waals surface area contributed by atoms with Gasteiger partial charge in [-0.15, -0.1) is 0 Å². The van der Waals surface area contributed by atoms with Crippen molar-refractivity contribution in [3.8, 4) is 23.0 Å². The molecule has 0 bridgehead atoms. The number of hydrogen-bond acceptors (Lipinski definition) is 4. The van der Waals surface area contributed by atoms with Gasteiger partial charge in [-0.05, 0) is 83.6 Å². The molecule has 162 valence electrons. The minimum absolute atomic E-state index is 0.0768. The van der Waals surface area contributed by atoms with Crippen LogP contribution in [0.1, 0.15) is 46.9 Å². The fourth-order valence-corrected chi connectivity index (χ4v) is 4.21. The van der Waals surface area contributed by atoms with Gasteiger partial charge in [0, 0.05) is 11.8 Å². The highest BCUT2D eigenvalue weighted by atomic mass is 16.3. The van der Waals surface area contributed by atoms with Gasteiger partial charge in [-0.2, -0.15) is 0 Å². The topological polar surface area (TPSA) is 80.9 Å². The Morgan fingerprint density at radius 3 is 0.719 bits per heavy atom. The summed E-state index contributed by atoms with van der Waals surface area (Å²) in [6.45, 7) is 0. The van der Waals surface area contributed by atoms with Gasteiger partial charge in [0.2, 0.25) is 0 Å². The summed E-state index contributed by atoms with van der Waals surface area (Å²) in [5.74, 6) is 1.06. The van der Waals surface area contributed by atoms with Crippen molar-refractivity contribution in [1.29, 1.82) is 0 Å². The molecule has 0 saturated heterocycles. The maximum Gasteiger partial charge on any atom is 0.115 e. The van der Waals surface area contributed by atoms with Crippen molar-refractivity contribution in [2.24, 2.45) is 0 Å². The molecule has 0 aromatic heterocycles. The van der Waals surface area contributed by atoms with Gasteiger partial charge < -0.3 is 20.4 Å². The molecule has 0 aliphatic carbocycles. The van der Waals surface area contributed by atoms with Crippen LogP contribution >= 0.6 is 0 Å².